The first-order chi connectivity index (χ1) is 7.98. The highest BCUT2D eigenvalue weighted by molar-refractivity contribution is 7.12. The van der Waals surface area contributed by atoms with Crippen molar-refractivity contribution in [3.8, 4) is 0 Å². The summed E-state index contributed by atoms with van der Waals surface area (Å²) in [6.07, 6.45) is 0. The average molecular weight is 245 g/mol. The molecule has 1 heterocycles. The highest BCUT2D eigenvalue weighted by Gasteiger charge is 2.20. The van der Waals surface area contributed by atoms with Crippen LogP contribution in [0.5, 0.6) is 0 Å². The summed E-state index contributed by atoms with van der Waals surface area (Å²) in [7, 11) is 0. The summed E-state index contributed by atoms with van der Waals surface area (Å²) in [6.45, 7) is 6.29. The second kappa shape index (κ2) is 4.41. The van der Waals surface area contributed by atoms with Gasteiger partial charge >= 0.3 is 0 Å². The molecule has 2 rings (SSSR count). The molecule has 0 unspecified atom stereocenters. The van der Waals surface area contributed by atoms with Crippen LogP contribution < -0.4 is 0 Å². The Kier molecular flexibility index (Phi) is 3.11. The van der Waals surface area contributed by atoms with Gasteiger partial charge in [-0.15, -0.1) is 11.3 Å². The van der Waals surface area contributed by atoms with E-state index < -0.39 is 0 Å². The van der Waals surface area contributed by atoms with Gasteiger partial charge in [-0.25, -0.2) is 4.98 Å². The number of ketones is 1. The third-order valence-corrected chi connectivity index (χ3v) is 3.34. The molecule has 2 aromatic rings. The lowest BCUT2D eigenvalue weighted by Gasteiger charge is -2.14. The molecule has 17 heavy (non-hydrogen) atoms. The highest BCUT2D eigenvalue weighted by atomic mass is 32.1. The summed E-state index contributed by atoms with van der Waals surface area (Å²) in [5.74, 6) is 0.00565. The van der Waals surface area contributed by atoms with E-state index in [0.717, 1.165) is 5.69 Å². The number of aromatic nitrogens is 1. The fourth-order valence-electron chi connectivity index (χ4n) is 1.44. The van der Waals surface area contributed by atoms with Crippen molar-refractivity contribution in [2.75, 3.05) is 0 Å². The summed E-state index contributed by atoms with van der Waals surface area (Å²) < 4.78 is 0. The van der Waals surface area contributed by atoms with E-state index in [2.05, 4.69) is 25.8 Å². The van der Waals surface area contributed by atoms with Crippen molar-refractivity contribution in [3.63, 3.8) is 0 Å². The zero-order valence-corrected chi connectivity index (χ0v) is 11.0. The molecule has 0 atom stereocenters. The third-order valence-electron chi connectivity index (χ3n) is 2.50. The van der Waals surface area contributed by atoms with E-state index >= 15 is 0 Å². The van der Waals surface area contributed by atoms with Crippen LogP contribution >= 0.6 is 11.3 Å². The molecule has 0 spiro atoms. The van der Waals surface area contributed by atoms with Gasteiger partial charge < -0.3 is 0 Å². The van der Waals surface area contributed by atoms with Crippen LogP contribution in [0.25, 0.3) is 0 Å². The normalized spacial score (nSPS) is 11.5. The van der Waals surface area contributed by atoms with E-state index in [4.69, 9.17) is 0 Å². The van der Waals surface area contributed by atoms with Gasteiger partial charge in [0.15, 0.2) is 5.01 Å². The smallest absolute Gasteiger partial charge is 0.221 e. The molecule has 0 bridgehead atoms. The summed E-state index contributed by atoms with van der Waals surface area (Å²) >= 11 is 1.42. The predicted molar refractivity (Wildman–Crippen MR) is 70.7 cm³/mol. The van der Waals surface area contributed by atoms with Crippen LogP contribution in [0.15, 0.2) is 35.7 Å². The number of thiazole rings is 1. The molecule has 2 nitrogen and oxygen atoms in total. The molecule has 0 fully saturated rings. The number of rotatable bonds is 2. The molecule has 1 aromatic carbocycles. The van der Waals surface area contributed by atoms with E-state index in [9.17, 15) is 4.79 Å². The van der Waals surface area contributed by atoms with Gasteiger partial charge in [-0.2, -0.15) is 0 Å². The van der Waals surface area contributed by atoms with Gasteiger partial charge in [0, 0.05) is 16.4 Å². The first-order valence-electron chi connectivity index (χ1n) is 5.54. The molecule has 0 saturated heterocycles. The number of carbonyl (C=O) groups is 1. The second-order valence-corrected chi connectivity index (χ2v) is 5.84. The van der Waals surface area contributed by atoms with Crippen molar-refractivity contribution in [1.29, 1.82) is 0 Å². The van der Waals surface area contributed by atoms with Gasteiger partial charge in [0.1, 0.15) is 0 Å². The molecule has 3 heteroatoms. The highest BCUT2D eigenvalue weighted by Crippen LogP contribution is 2.25. The van der Waals surface area contributed by atoms with Crippen LogP contribution in [0.2, 0.25) is 0 Å². The van der Waals surface area contributed by atoms with Gasteiger partial charge in [-0.1, -0.05) is 51.1 Å². The molecule has 0 aliphatic rings. The van der Waals surface area contributed by atoms with Crippen LogP contribution in [0.4, 0.5) is 0 Å². The van der Waals surface area contributed by atoms with E-state index in [0.29, 0.717) is 10.6 Å². The summed E-state index contributed by atoms with van der Waals surface area (Å²) in [6, 6.07) is 9.28. The lowest BCUT2D eigenvalue weighted by molar-refractivity contribution is 0.103. The second-order valence-electron chi connectivity index (χ2n) is 4.98. The van der Waals surface area contributed by atoms with Crippen molar-refractivity contribution < 1.29 is 4.79 Å². The van der Waals surface area contributed by atoms with Gasteiger partial charge in [-0.3, -0.25) is 4.79 Å². The maximum Gasteiger partial charge on any atom is 0.221 e. The Labute approximate surface area is 105 Å². The Morgan fingerprint density at radius 1 is 1.18 bits per heavy atom. The fraction of sp³-hybridized carbons (Fsp3) is 0.286. The molecule has 0 saturated carbocycles. The van der Waals surface area contributed by atoms with Gasteiger partial charge in [0.05, 0.1) is 5.69 Å². The van der Waals surface area contributed by atoms with Crippen LogP contribution in [0.3, 0.4) is 0 Å². The lowest BCUT2D eigenvalue weighted by Crippen LogP contribution is -2.12. The van der Waals surface area contributed by atoms with Crippen molar-refractivity contribution >= 4 is 17.1 Å². The summed E-state index contributed by atoms with van der Waals surface area (Å²) in [5.41, 5.74) is 1.66. The number of carbonyl (C=O) groups excluding carboxylic acids is 1. The Hall–Kier alpha value is -1.48. The average Bonchev–Trinajstić information content (AvgIpc) is 2.78. The lowest BCUT2D eigenvalue weighted by atomic mass is 9.93. The van der Waals surface area contributed by atoms with Gasteiger partial charge in [-0.05, 0) is 0 Å². The number of hydrogen-bond donors (Lipinski definition) is 0. The van der Waals surface area contributed by atoms with Crippen molar-refractivity contribution in [1.82, 2.24) is 4.98 Å². The predicted octanol–water partition coefficient (Wildman–Crippen LogP) is 3.67. The minimum Gasteiger partial charge on any atom is -0.286 e. The molecule has 0 N–H and O–H groups in total. The summed E-state index contributed by atoms with van der Waals surface area (Å²) in [4.78, 5) is 16.6. The molecule has 88 valence electrons. The first-order valence-corrected chi connectivity index (χ1v) is 6.42. The third kappa shape index (κ3) is 2.61. The SMILES string of the molecule is CC(C)(C)c1csc(C(=O)c2ccccc2)n1. The Balaban J connectivity index is 2.30. The quantitative estimate of drug-likeness (QED) is 0.756. The maximum absolute atomic E-state index is 12.1. The number of nitrogens with zero attached hydrogens (tertiary/aromatic N) is 1. The topological polar surface area (TPSA) is 30.0 Å². The molecule has 0 aliphatic heterocycles. The number of benzene rings is 1. The van der Waals surface area contributed by atoms with Crippen molar-refractivity contribution in [2.24, 2.45) is 0 Å². The Morgan fingerprint density at radius 3 is 2.35 bits per heavy atom. The van der Waals surface area contributed by atoms with Crippen molar-refractivity contribution in [3.05, 3.63) is 52.0 Å². The van der Waals surface area contributed by atoms with Crippen LogP contribution in [0.1, 0.15) is 41.8 Å². The van der Waals surface area contributed by atoms with Crippen molar-refractivity contribution in [2.45, 2.75) is 26.2 Å². The molecular weight excluding hydrogens is 230 g/mol. The molecule has 0 amide bonds. The van der Waals surface area contributed by atoms with Gasteiger partial charge in [0.25, 0.3) is 0 Å². The maximum atomic E-state index is 12.1. The minimum absolute atomic E-state index is 0.00565. The van der Waals surface area contributed by atoms with E-state index in [1.807, 2.05) is 35.7 Å². The fourth-order valence-corrected chi connectivity index (χ4v) is 2.44. The molecule has 0 aliphatic carbocycles. The largest absolute Gasteiger partial charge is 0.286 e. The van der Waals surface area contributed by atoms with E-state index in [-0.39, 0.29) is 11.2 Å². The number of hydrogen-bond acceptors (Lipinski definition) is 3. The standard InChI is InChI=1S/C14H15NOS/c1-14(2,3)11-9-17-13(15-11)12(16)10-7-5-4-6-8-10/h4-9H,1-3H3. The molecular formula is C14H15NOS. The van der Waals surface area contributed by atoms with Crippen LogP contribution in [-0.4, -0.2) is 10.8 Å². The van der Waals surface area contributed by atoms with Gasteiger partial charge in [0.2, 0.25) is 5.78 Å². The van der Waals surface area contributed by atoms with E-state index in [1.54, 1.807) is 0 Å². The Morgan fingerprint density at radius 2 is 1.82 bits per heavy atom. The molecule has 1 aromatic heterocycles. The van der Waals surface area contributed by atoms with Crippen LogP contribution in [0, 0.1) is 0 Å². The Bertz CT molecular complexity index is 523. The minimum atomic E-state index is -0.00822. The summed E-state index contributed by atoms with van der Waals surface area (Å²) in [5, 5.41) is 2.54. The first kappa shape index (κ1) is 12.0. The monoisotopic (exact) mass is 245 g/mol. The molecule has 0 radical (unpaired) electrons. The zero-order valence-electron chi connectivity index (χ0n) is 10.2. The van der Waals surface area contributed by atoms with E-state index in [1.165, 1.54) is 11.3 Å². The zero-order chi connectivity index (χ0) is 12.5. The van der Waals surface area contributed by atoms with Crippen LogP contribution in [-0.2, 0) is 5.41 Å².